The molecule has 1 aliphatic carbocycles. The lowest BCUT2D eigenvalue weighted by molar-refractivity contribution is -0.113. The molecule has 1 N–H and O–H groups in total. The van der Waals surface area contributed by atoms with Gasteiger partial charge in [-0.1, -0.05) is 11.2 Å². The Balaban J connectivity index is 1.82. The third-order valence-electron chi connectivity index (χ3n) is 3.44. The molecule has 1 aliphatic rings. The lowest BCUT2D eigenvalue weighted by Crippen LogP contribution is -2.23. The van der Waals surface area contributed by atoms with E-state index in [4.69, 9.17) is 4.52 Å². The highest BCUT2D eigenvalue weighted by Crippen LogP contribution is 2.34. The summed E-state index contributed by atoms with van der Waals surface area (Å²) in [5.74, 6) is -2.94. The smallest absolute Gasteiger partial charge is 0.241 e. The van der Waals surface area contributed by atoms with Gasteiger partial charge in [0.05, 0.1) is 4.91 Å². The van der Waals surface area contributed by atoms with E-state index in [1.807, 2.05) is 0 Å². The van der Waals surface area contributed by atoms with Gasteiger partial charge in [-0.2, -0.15) is 0 Å². The zero-order valence-electron chi connectivity index (χ0n) is 12.5. The quantitative estimate of drug-likeness (QED) is 0.909. The fraction of sp³-hybridized carbons (Fsp3) is 0.200. The van der Waals surface area contributed by atoms with Crippen molar-refractivity contribution in [1.82, 2.24) is 5.16 Å². The number of allylic oxidation sites excluding steroid dienone is 1. The van der Waals surface area contributed by atoms with Crippen molar-refractivity contribution >= 4 is 26.5 Å². The highest BCUT2D eigenvalue weighted by atomic mass is 32.2. The van der Waals surface area contributed by atoms with E-state index in [-0.39, 0.29) is 28.3 Å². The third-order valence-corrected chi connectivity index (χ3v) is 5.13. The summed E-state index contributed by atoms with van der Waals surface area (Å²) in [7, 11) is -4.09. The molecule has 0 atom stereocenters. The van der Waals surface area contributed by atoms with Crippen LogP contribution in [0.1, 0.15) is 16.9 Å². The standard InChI is InChI=1S/C15H12F2N2O4S/c1-8-4-13(19-23-8)18-14(20)7-24(21,22)12-3-2-9-5-10(16)6-11(17)15(9)12/h3-6H,2,7H2,1H3,(H,18,19,20). The van der Waals surface area contributed by atoms with Crippen LogP contribution in [0, 0.1) is 18.6 Å². The van der Waals surface area contributed by atoms with Crippen LogP contribution in [0.3, 0.4) is 0 Å². The lowest BCUT2D eigenvalue weighted by atomic mass is 10.1. The predicted molar refractivity (Wildman–Crippen MR) is 81.7 cm³/mol. The molecule has 0 fully saturated rings. The Morgan fingerprint density at radius 3 is 2.75 bits per heavy atom. The highest BCUT2D eigenvalue weighted by Gasteiger charge is 2.31. The van der Waals surface area contributed by atoms with Crippen molar-refractivity contribution in [2.75, 3.05) is 11.1 Å². The van der Waals surface area contributed by atoms with Crippen LogP contribution in [0.2, 0.25) is 0 Å². The number of hydrogen-bond acceptors (Lipinski definition) is 5. The molecular weight excluding hydrogens is 342 g/mol. The van der Waals surface area contributed by atoms with Gasteiger partial charge < -0.3 is 9.84 Å². The third kappa shape index (κ3) is 3.07. The number of carbonyl (C=O) groups is 1. The van der Waals surface area contributed by atoms with Gasteiger partial charge >= 0.3 is 0 Å². The van der Waals surface area contributed by atoms with Crippen molar-refractivity contribution in [2.24, 2.45) is 0 Å². The summed E-state index contributed by atoms with van der Waals surface area (Å²) >= 11 is 0. The molecule has 0 saturated carbocycles. The van der Waals surface area contributed by atoms with Gasteiger partial charge in [0.2, 0.25) is 5.91 Å². The normalized spacial score (nSPS) is 13.5. The molecule has 2 aromatic rings. The number of nitrogens with one attached hydrogen (secondary N) is 1. The minimum absolute atomic E-state index is 0.0850. The van der Waals surface area contributed by atoms with Gasteiger partial charge in [-0.05, 0) is 25.0 Å². The Kier molecular flexibility index (Phi) is 3.96. The van der Waals surface area contributed by atoms with Gasteiger partial charge in [0, 0.05) is 17.7 Å². The van der Waals surface area contributed by atoms with Crippen molar-refractivity contribution < 1.29 is 26.5 Å². The highest BCUT2D eigenvalue weighted by molar-refractivity contribution is 8.01. The van der Waals surface area contributed by atoms with E-state index in [1.165, 1.54) is 12.1 Å². The lowest BCUT2D eigenvalue weighted by Gasteiger charge is -2.09. The topological polar surface area (TPSA) is 89.3 Å². The fourth-order valence-electron chi connectivity index (χ4n) is 2.51. The molecule has 1 aromatic heterocycles. The minimum atomic E-state index is -4.09. The summed E-state index contributed by atoms with van der Waals surface area (Å²) in [4.78, 5) is 11.6. The van der Waals surface area contributed by atoms with Crippen molar-refractivity contribution in [1.29, 1.82) is 0 Å². The SMILES string of the molecule is Cc1cc(NC(=O)CS(=O)(=O)C2=CCc3cc(F)cc(F)c32)no1. The van der Waals surface area contributed by atoms with E-state index in [0.717, 1.165) is 6.07 Å². The van der Waals surface area contributed by atoms with Crippen LogP contribution in [0.15, 0.2) is 28.8 Å². The summed E-state index contributed by atoms with van der Waals surface area (Å²) in [6.07, 6.45) is 1.36. The molecule has 1 aromatic carbocycles. The molecule has 6 nitrogen and oxygen atoms in total. The molecule has 9 heteroatoms. The molecular formula is C15H12F2N2O4S. The number of amides is 1. The van der Waals surface area contributed by atoms with Crippen LogP contribution in [-0.2, 0) is 21.1 Å². The van der Waals surface area contributed by atoms with Gasteiger partial charge in [0.15, 0.2) is 15.7 Å². The first kappa shape index (κ1) is 16.3. The Bertz CT molecular complexity index is 964. The zero-order valence-corrected chi connectivity index (χ0v) is 13.3. The summed E-state index contributed by atoms with van der Waals surface area (Å²) in [6.45, 7) is 1.61. The summed E-state index contributed by atoms with van der Waals surface area (Å²) in [5.41, 5.74) is 0.0556. The number of anilines is 1. The van der Waals surface area contributed by atoms with Gasteiger partial charge in [0.1, 0.15) is 23.1 Å². The van der Waals surface area contributed by atoms with Crippen LogP contribution in [0.5, 0.6) is 0 Å². The number of aryl methyl sites for hydroxylation is 1. The van der Waals surface area contributed by atoms with E-state index in [1.54, 1.807) is 6.92 Å². The maximum Gasteiger partial charge on any atom is 0.241 e. The van der Waals surface area contributed by atoms with Crippen LogP contribution in [0.4, 0.5) is 14.6 Å². The molecule has 126 valence electrons. The van der Waals surface area contributed by atoms with Gasteiger partial charge in [0.25, 0.3) is 0 Å². The zero-order chi connectivity index (χ0) is 17.5. The van der Waals surface area contributed by atoms with E-state index in [9.17, 15) is 22.0 Å². The first-order valence-electron chi connectivity index (χ1n) is 6.90. The number of hydrogen-bond donors (Lipinski definition) is 1. The van der Waals surface area contributed by atoms with Crippen molar-refractivity contribution in [3.8, 4) is 0 Å². The average molecular weight is 354 g/mol. The number of benzene rings is 1. The Morgan fingerprint density at radius 2 is 2.08 bits per heavy atom. The largest absolute Gasteiger partial charge is 0.360 e. The number of halogens is 2. The van der Waals surface area contributed by atoms with Crippen LogP contribution in [0.25, 0.3) is 4.91 Å². The molecule has 24 heavy (non-hydrogen) atoms. The summed E-state index contributed by atoms with van der Waals surface area (Å²) < 4.78 is 56.7. The number of rotatable bonds is 4. The number of aromatic nitrogens is 1. The maximum atomic E-state index is 14.0. The summed E-state index contributed by atoms with van der Waals surface area (Å²) in [6, 6.07) is 3.12. The Morgan fingerprint density at radius 1 is 1.33 bits per heavy atom. The van der Waals surface area contributed by atoms with E-state index < -0.39 is 33.1 Å². The summed E-state index contributed by atoms with van der Waals surface area (Å²) in [5, 5.41) is 5.81. The van der Waals surface area contributed by atoms with Crippen molar-refractivity contribution in [3.05, 3.63) is 52.8 Å². The molecule has 0 saturated heterocycles. The Labute approximate surface area is 136 Å². The second kappa shape index (κ2) is 5.82. The van der Waals surface area contributed by atoms with Crippen LogP contribution in [-0.4, -0.2) is 25.2 Å². The van der Waals surface area contributed by atoms with E-state index in [0.29, 0.717) is 11.8 Å². The number of fused-ring (bicyclic) bond motifs is 1. The molecule has 1 amide bonds. The molecule has 0 aliphatic heterocycles. The van der Waals surface area contributed by atoms with E-state index >= 15 is 0 Å². The monoisotopic (exact) mass is 354 g/mol. The first-order valence-corrected chi connectivity index (χ1v) is 8.56. The number of sulfone groups is 1. The number of carbonyl (C=O) groups excluding carboxylic acids is 1. The molecule has 1 heterocycles. The molecule has 3 rings (SSSR count). The molecule has 0 spiro atoms. The van der Waals surface area contributed by atoms with Crippen molar-refractivity contribution in [3.63, 3.8) is 0 Å². The van der Waals surface area contributed by atoms with Crippen LogP contribution >= 0.6 is 0 Å². The second-order valence-electron chi connectivity index (χ2n) is 5.32. The predicted octanol–water partition coefficient (Wildman–Crippen LogP) is 2.21. The molecule has 0 unspecified atom stereocenters. The minimum Gasteiger partial charge on any atom is -0.360 e. The molecule has 0 bridgehead atoms. The van der Waals surface area contributed by atoms with Gasteiger partial charge in [-0.25, -0.2) is 17.2 Å². The number of nitrogens with zero attached hydrogens (tertiary/aromatic N) is 1. The van der Waals surface area contributed by atoms with Gasteiger partial charge in [-0.3, -0.25) is 4.79 Å². The fourth-order valence-corrected chi connectivity index (χ4v) is 3.96. The Hall–Kier alpha value is -2.55. The van der Waals surface area contributed by atoms with Gasteiger partial charge in [-0.15, -0.1) is 0 Å². The van der Waals surface area contributed by atoms with Crippen molar-refractivity contribution in [2.45, 2.75) is 13.3 Å². The molecule has 0 radical (unpaired) electrons. The maximum absolute atomic E-state index is 14.0. The second-order valence-corrected chi connectivity index (χ2v) is 7.28. The first-order chi connectivity index (χ1) is 11.3. The average Bonchev–Trinajstić information content (AvgIpc) is 3.04. The van der Waals surface area contributed by atoms with E-state index in [2.05, 4.69) is 10.5 Å². The van der Waals surface area contributed by atoms with Crippen LogP contribution < -0.4 is 5.32 Å².